The minimum absolute atomic E-state index is 0.00606. The number of hydrogen-bond acceptors (Lipinski definition) is 8. The number of carbonyl (C=O) groups excluding carboxylic acids is 3. The Hall–Kier alpha value is -4.69. The minimum atomic E-state index is -4.99. The Balaban J connectivity index is 1.39. The molecule has 10 nitrogen and oxygen atoms in total. The van der Waals surface area contributed by atoms with E-state index in [4.69, 9.17) is 21.1 Å². The Morgan fingerprint density at radius 1 is 1.00 bits per heavy atom. The summed E-state index contributed by atoms with van der Waals surface area (Å²) in [6.07, 6.45) is -4.73. The van der Waals surface area contributed by atoms with E-state index in [9.17, 15) is 36.0 Å². The molecule has 1 aliphatic rings. The highest BCUT2D eigenvalue weighted by Gasteiger charge is 2.49. The second-order valence-electron chi connectivity index (χ2n) is 10.8. The molecular weight excluding hydrogens is 663 g/mol. The van der Waals surface area contributed by atoms with Crippen LogP contribution in [0, 0.1) is 0 Å². The molecular formula is C32H27ClF3N3O7S. The van der Waals surface area contributed by atoms with Gasteiger partial charge >= 0.3 is 12.1 Å². The van der Waals surface area contributed by atoms with Gasteiger partial charge in [-0.1, -0.05) is 55.8 Å². The van der Waals surface area contributed by atoms with E-state index in [1.165, 1.54) is 30.3 Å². The molecule has 0 unspecified atom stereocenters. The molecule has 4 aromatic rings. The van der Waals surface area contributed by atoms with Crippen molar-refractivity contribution in [2.24, 2.45) is 0 Å². The molecule has 1 aliphatic heterocycles. The third-order valence-corrected chi connectivity index (χ3v) is 9.10. The van der Waals surface area contributed by atoms with Gasteiger partial charge in [0.25, 0.3) is 21.8 Å². The van der Waals surface area contributed by atoms with Crippen molar-refractivity contribution in [1.82, 2.24) is 14.1 Å². The van der Waals surface area contributed by atoms with Gasteiger partial charge in [-0.15, -0.1) is 0 Å². The number of alkyl halides is 3. The highest BCUT2D eigenvalue weighted by Crippen LogP contribution is 2.40. The molecule has 0 fully saturated rings. The maximum absolute atomic E-state index is 13.7. The number of nitrogens with zero attached hydrogens (tertiary/aromatic N) is 3. The van der Waals surface area contributed by atoms with Crippen LogP contribution in [0.3, 0.4) is 0 Å². The normalized spacial score (nSPS) is 13.9. The van der Waals surface area contributed by atoms with E-state index < -0.39 is 56.2 Å². The fraction of sp³-hybridized carbons (Fsp3) is 0.250. The predicted octanol–water partition coefficient (Wildman–Crippen LogP) is 6.56. The largest absolute Gasteiger partial charge is 0.494 e. The number of aromatic nitrogens is 2. The van der Waals surface area contributed by atoms with E-state index >= 15 is 0 Å². The number of fused-ring (bicyclic) bond motifs is 1. The Morgan fingerprint density at radius 3 is 2.32 bits per heavy atom. The lowest BCUT2D eigenvalue weighted by Crippen LogP contribution is -2.37. The summed E-state index contributed by atoms with van der Waals surface area (Å²) in [5.41, 5.74) is -1.54. The zero-order chi connectivity index (χ0) is 34.1. The third kappa shape index (κ3) is 7.03. The van der Waals surface area contributed by atoms with Crippen LogP contribution in [0.2, 0.25) is 5.02 Å². The van der Waals surface area contributed by atoms with Crippen molar-refractivity contribution < 1.29 is 45.4 Å². The zero-order valence-electron chi connectivity index (χ0n) is 25.0. The van der Waals surface area contributed by atoms with Crippen LogP contribution < -0.4 is 4.74 Å². The number of hydrogen-bond donors (Lipinski definition) is 0. The van der Waals surface area contributed by atoms with Crippen LogP contribution in [0.25, 0.3) is 5.69 Å². The SMILES string of the molecule is CC(C)c1cc(OCCCC(=O)OCc2ccccc2)cc2c1C(=O)N(C(=O)c1cc(C(F)(F)F)nn1-c1ccc(Cl)cc1)S2(=O)=O. The summed E-state index contributed by atoms with van der Waals surface area (Å²) in [4.78, 5) is 39.0. The monoisotopic (exact) mass is 689 g/mol. The molecule has 15 heteroatoms. The van der Waals surface area contributed by atoms with E-state index in [2.05, 4.69) is 5.10 Å². The predicted molar refractivity (Wildman–Crippen MR) is 163 cm³/mol. The number of esters is 1. The van der Waals surface area contributed by atoms with E-state index in [1.807, 2.05) is 30.3 Å². The number of ether oxygens (including phenoxy) is 2. The van der Waals surface area contributed by atoms with Gasteiger partial charge in [-0.2, -0.15) is 22.6 Å². The summed E-state index contributed by atoms with van der Waals surface area (Å²) < 4.78 is 80.0. The average Bonchev–Trinajstić information content (AvgIpc) is 3.56. The van der Waals surface area contributed by atoms with Gasteiger partial charge in [-0.25, -0.2) is 13.1 Å². The third-order valence-electron chi connectivity index (χ3n) is 7.16. The first kappa shape index (κ1) is 33.7. The lowest BCUT2D eigenvalue weighted by Gasteiger charge is -2.14. The molecule has 0 spiro atoms. The van der Waals surface area contributed by atoms with E-state index in [1.54, 1.807) is 13.8 Å². The Morgan fingerprint density at radius 2 is 1.68 bits per heavy atom. The summed E-state index contributed by atoms with van der Waals surface area (Å²) in [6, 6.07) is 17.3. The molecule has 1 aromatic heterocycles. The fourth-order valence-corrected chi connectivity index (χ4v) is 6.54. The number of sulfonamides is 1. The Kier molecular flexibility index (Phi) is 9.46. The first-order chi connectivity index (χ1) is 22.2. The number of halogens is 4. The summed E-state index contributed by atoms with van der Waals surface area (Å²) >= 11 is 5.89. The van der Waals surface area contributed by atoms with Crippen LogP contribution in [-0.2, 0) is 32.3 Å². The van der Waals surface area contributed by atoms with Crippen LogP contribution in [-0.4, -0.2) is 46.9 Å². The maximum atomic E-state index is 13.7. The highest BCUT2D eigenvalue weighted by molar-refractivity contribution is 7.91. The summed E-state index contributed by atoms with van der Waals surface area (Å²) in [5.74, 6) is -3.58. The number of carbonyl (C=O) groups is 3. The number of imide groups is 1. The molecule has 0 atom stereocenters. The van der Waals surface area contributed by atoms with E-state index in [0.29, 0.717) is 10.7 Å². The molecule has 2 amide bonds. The van der Waals surface area contributed by atoms with Gasteiger partial charge in [0.05, 0.1) is 17.9 Å². The van der Waals surface area contributed by atoms with Crippen LogP contribution in [0.1, 0.15) is 70.3 Å². The lowest BCUT2D eigenvalue weighted by atomic mass is 9.96. The average molecular weight is 690 g/mol. The van der Waals surface area contributed by atoms with Gasteiger partial charge in [-0.05, 0) is 53.8 Å². The van der Waals surface area contributed by atoms with Crippen molar-refractivity contribution in [3.8, 4) is 11.4 Å². The summed E-state index contributed by atoms with van der Waals surface area (Å²) in [6.45, 7) is 3.49. The standard InChI is InChI=1S/C32H27ClF3N3O7S/c1-19(2)24-15-23(45-14-6-9-28(40)46-18-20-7-4-3-5-8-20)16-26-29(24)31(42)39(47(26,43)44)30(41)25-17-27(32(34,35)36)37-38(25)22-12-10-21(33)11-13-22/h3-5,7-8,10-13,15-17,19H,6,9,14,18H2,1-2H3. The van der Waals surface area contributed by atoms with E-state index in [-0.39, 0.29) is 57.9 Å². The van der Waals surface area contributed by atoms with Crippen molar-refractivity contribution in [2.75, 3.05) is 6.61 Å². The molecule has 5 rings (SSSR count). The molecule has 0 radical (unpaired) electrons. The maximum Gasteiger partial charge on any atom is 0.435 e. The Bertz CT molecular complexity index is 1940. The van der Waals surface area contributed by atoms with Crippen LogP contribution >= 0.6 is 11.6 Å². The van der Waals surface area contributed by atoms with Crippen molar-refractivity contribution >= 4 is 39.4 Å². The molecule has 0 saturated heterocycles. The zero-order valence-corrected chi connectivity index (χ0v) is 26.5. The summed E-state index contributed by atoms with van der Waals surface area (Å²) in [5, 5.41) is 3.73. The number of rotatable bonds is 10. The second kappa shape index (κ2) is 13.2. The lowest BCUT2D eigenvalue weighted by molar-refractivity contribution is -0.145. The number of benzene rings is 3. The van der Waals surface area contributed by atoms with Crippen LogP contribution in [0.5, 0.6) is 5.75 Å². The molecule has 0 bridgehead atoms. The molecule has 3 aromatic carbocycles. The number of amides is 2. The highest BCUT2D eigenvalue weighted by atomic mass is 35.5. The smallest absolute Gasteiger partial charge is 0.435 e. The van der Waals surface area contributed by atoms with Crippen molar-refractivity contribution in [3.63, 3.8) is 0 Å². The Labute approximate surface area is 272 Å². The molecule has 0 N–H and O–H groups in total. The van der Waals surface area contributed by atoms with Gasteiger partial charge in [0.15, 0.2) is 5.69 Å². The van der Waals surface area contributed by atoms with Gasteiger partial charge < -0.3 is 9.47 Å². The van der Waals surface area contributed by atoms with Gasteiger partial charge in [0.2, 0.25) is 0 Å². The van der Waals surface area contributed by atoms with Gasteiger partial charge in [0.1, 0.15) is 22.9 Å². The molecule has 47 heavy (non-hydrogen) atoms. The topological polar surface area (TPSA) is 125 Å². The first-order valence-corrected chi connectivity index (χ1v) is 16.1. The fourth-order valence-electron chi connectivity index (χ4n) is 4.86. The van der Waals surface area contributed by atoms with Crippen LogP contribution in [0.15, 0.2) is 77.7 Å². The van der Waals surface area contributed by atoms with Gasteiger partial charge in [-0.3, -0.25) is 14.4 Å². The molecule has 2 heterocycles. The van der Waals surface area contributed by atoms with Crippen molar-refractivity contribution in [2.45, 2.75) is 50.3 Å². The van der Waals surface area contributed by atoms with Crippen molar-refractivity contribution in [1.29, 1.82) is 0 Å². The quantitative estimate of drug-likeness (QED) is 0.104. The molecule has 246 valence electrons. The first-order valence-electron chi connectivity index (χ1n) is 14.3. The molecule has 0 aliphatic carbocycles. The van der Waals surface area contributed by atoms with E-state index in [0.717, 1.165) is 11.6 Å². The molecule has 0 saturated carbocycles. The summed E-state index contributed by atoms with van der Waals surface area (Å²) in [7, 11) is -4.89. The minimum Gasteiger partial charge on any atom is -0.494 e. The second-order valence-corrected chi connectivity index (χ2v) is 13.0. The van der Waals surface area contributed by atoms with Gasteiger partial charge in [0, 0.05) is 23.6 Å². The van der Waals surface area contributed by atoms with Crippen molar-refractivity contribution in [3.05, 3.63) is 106 Å². The van der Waals surface area contributed by atoms with Crippen LogP contribution in [0.4, 0.5) is 13.2 Å².